The molecule has 2 amide bonds. The molecule has 0 aromatic heterocycles. The first-order valence-electron chi connectivity index (χ1n) is 8.84. The average Bonchev–Trinajstić information content (AvgIpc) is 2.70. The number of hydrogen-bond acceptors (Lipinski definition) is 5. The second kappa shape index (κ2) is 10.5. The Morgan fingerprint density at radius 1 is 1.07 bits per heavy atom. The SMILES string of the molecule is COc1ccc(C=CC(=O)NC(=S)NNC(=O)C2CCCCC2)cc1OC. The Morgan fingerprint density at radius 3 is 2.44 bits per heavy atom. The van der Waals surface area contributed by atoms with Crippen molar-refractivity contribution in [2.24, 2.45) is 5.92 Å². The van der Waals surface area contributed by atoms with Gasteiger partial charge in [0.2, 0.25) is 11.8 Å². The summed E-state index contributed by atoms with van der Waals surface area (Å²) in [5, 5.41) is 2.53. The van der Waals surface area contributed by atoms with E-state index in [0.717, 1.165) is 31.2 Å². The van der Waals surface area contributed by atoms with Gasteiger partial charge in [-0.15, -0.1) is 0 Å². The second-order valence-corrected chi connectivity index (χ2v) is 6.62. The zero-order valence-corrected chi connectivity index (χ0v) is 16.4. The van der Waals surface area contributed by atoms with Crippen molar-refractivity contribution in [1.29, 1.82) is 0 Å². The lowest BCUT2D eigenvalue weighted by atomic mass is 9.89. The van der Waals surface area contributed by atoms with E-state index in [2.05, 4.69) is 16.2 Å². The first-order valence-corrected chi connectivity index (χ1v) is 9.25. The Bertz CT molecular complexity index is 715. The molecule has 146 valence electrons. The van der Waals surface area contributed by atoms with E-state index in [1.165, 1.54) is 12.5 Å². The van der Waals surface area contributed by atoms with Crippen molar-refractivity contribution in [1.82, 2.24) is 16.2 Å². The van der Waals surface area contributed by atoms with E-state index in [-0.39, 0.29) is 16.9 Å². The summed E-state index contributed by atoms with van der Waals surface area (Å²) in [4.78, 5) is 24.0. The number of ether oxygens (including phenoxy) is 2. The molecule has 1 aliphatic carbocycles. The standard InChI is InChI=1S/C19H25N3O4S/c1-25-15-10-8-13(12-16(15)26-2)9-11-17(23)20-19(27)22-21-18(24)14-6-4-3-5-7-14/h8-12,14H,3-7H2,1-2H3,(H,21,24)(H2,20,22,23,27). The van der Waals surface area contributed by atoms with Gasteiger partial charge in [-0.3, -0.25) is 25.8 Å². The molecule has 2 rings (SSSR count). The van der Waals surface area contributed by atoms with Crippen LogP contribution in [0.2, 0.25) is 0 Å². The van der Waals surface area contributed by atoms with Crippen LogP contribution in [0.1, 0.15) is 37.7 Å². The van der Waals surface area contributed by atoms with Crippen LogP contribution in [0.15, 0.2) is 24.3 Å². The largest absolute Gasteiger partial charge is 0.493 e. The molecule has 27 heavy (non-hydrogen) atoms. The van der Waals surface area contributed by atoms with Gasteiger partial charge >= 0.3 is 0 Å². The zero-order chi connectivity index (χ0) is 19.6. The highest BCUT2D eigenvalue weighted by Crippen LogP contribution is 2.28. The van der Waals surface area contributed by atoms with E-state index in [4.69, 9.17) is 21.7 Å². The highest BCUT2D eigenvalue weighted by molar-refractivity contribution is 7.80. The highest BCUT2D eigenvalue weighted by Gasteiger charge is 2.20. The molecule has 0 bridgehead atoms. The molecule has 0 spiro atoms. The van der Waals surface area contributed by atoms with Crippen molar-refractivity contribution >= 4 is 35.2 Å². The number of nitrogens with one attached hydrogen (secondary N) is 3. The molecule has 1 aromatic carbocycles. The minimum atomic E-state index is -0.408. The minimum absolute atomic E-state index is 0.00898. The van der Waals surface area contributed by atoms with Crippen LogP contribution in [0, 0.1) is 5.92 Å². The number of hydrogen-bond donors (Lipinski definition) is 3. The first kappa shape index (κ1) is 20.7. The molecule has 3 N–H and O–H groups in total. The third-order valence-corrected chi connectivity index (χ3v) is 4.55. The molecule has 0 unspecified atom stereocenters. The summed E-state index contributed by atoms with van der Waals surface area (Å²) in [5.74, 6) is 0.692. The number of benzene rings is 1. The number of carbonyl (C=O) groups excluding carboxylic acids is 2. The van der Waals surface area contributed by atoms with Crippen molar-refractivity contribution in [3.05, 3.63) is 29.8 Å². The summed E-state index contributed by atoms with van der Waals surface area (Å²) in [7, 11) is 3.10. The molecular weight excluding hydrogens is 366 g/mol. The van der Waals surface area contributed by atoms with Gasteiger partial charge in [0.05, 0.1) is 14.2 Å². The molecule has 0 saturated heterocycles. The van der Waals surface area contributed by atoms with E-state index in [1.807, 2.05) is 0 Å². The number of carbonyl (C=O) groups is 2. The summed E-state index contributed by atoms with van der Waals surface area (Å²) in [6, 6.07) is 5.30. The third-order valence-electron chi connectivity index (χ3n) is 4.35. The first-order chi connectivity index (χ1) is 13.0. The normalized spacial score (nSPS) is 14.4. The third kappa shape index (κ3) is 6.56. The molecule has 0 heterocycles. The van der Waals surface area contributed by atoms with Crippen LogP contribution in [0.5, 0.6) is 11.5 Å². The molecule has 7 nitrogen and oxygen atoms in total. The van der Waals surface area contributed by atoms with Crippen LogP contribution >= 0.6 is 12.2 Å². The van der Waals surface area contributed by atoms with Crippen LogP contribution in [0.4, 0.5) is 0 Å². The number of thiocarbonyl (C=S) groups is 1. The molecule has 0 aliphatic heterocycles. The Kier molecular flexibility index (Phi) is 8.06. The van der Waals surface area contributed by atoms with Gasteiger partial charge in [0, 0.05) is 12.0 Å². The quantitative estimate of drug-likeness (QED) is 0.406. The molecule has 8 heteroatoms. The van der Waals surface area contributed by atoms with Gasteiger partial charge in [0.15, 0.2) is 16.6 Å². The molecular formula is C19H25N3O4S. The van der Waals surface area contributed by atoms with Gasteiger partial charge in [0.1, 0.15) is 0 Å². The van der Waals surface area contributed by atoms with Crippen molar-refractivity contribution in [3.8, 4) is 11.5 Å². The van der Waals surface area contributed by atoms with E-state index >= 15 is 0 Å². The zero-order valence-electron chi connectivity index (χ0n) is 15.5. The summed E-state index contributed by atoms with van der Waals surface area (Å²) in [6.45, 7) is 0. The fraction of sp³-hybridized carbons (Fsp3) is 0.421. The monoisotopic (exact) mass is 391 g/mol. The molecule has 1 saturated carbocycles. The lowest BCUT2D eigenvalue weighted by Crippen LogP contribution is -2.50. The second-order valence-electron chi connectivity index (χ2n) is 6.22. The van der Waals surface area contributed by atoms with Crippen LogP contribution in [-0.4, -0.2) is 31.1 Å². The maximum absolute atomic E-state index is 12.0. The maximum atomic E-state index is 12.0. The number of amides is 2. The Morgan fingerprint density at radius 2 is 1.78 bits per heavy atom. The van der Waals surface area contributed by atoms with Crippen molar-refractivity contribution < 1.29 is 19.1 Å². The van der Waals surface area contributed by atoms with E-state index in [9.17, 15) is 9.59 Å². The number of methoxy groups -OCH3 is 2. The maximum Gasteiger partial charge on any atom is 0.250 e. The van der Waals surface area contributed by atoms with Gasteiger partial charge in [0.25, 0.3) is 0 Å². The fourth-order valence-corrected chi connectivity index (χ4v) is 3.05. The predicted octanol–water partition coefficient (Wildman–Crippen LogP) is 2.32. The van der Waals surface area contributed by atoms with E-state index in [1.54, 1.807) is 38.5 Å². The van der Waals surface area contributed by atoms with E-state index in [0.29, 0.717) is 11.5 Å². The predicted molar refractivity (Wildman–Crippen MR) is 107 cm³/mol. The van der Waals surface area contributed by atoms with Gasteiger partial charge in [-0.25, -0.2) is 0 Å². The molecule has 1 fully saturated rings. The van der Waals surface area contributed by atoms with Crippen LogP contribution in [0.3, 0.4) is 0 Å². The van der Waals surface area contributed by atoms with Crippen LogP contribution in [-0.2, 0) is 9.59 Å². The highest BCUT2D eigenvalue weighted by atomic mass is 32.1. The Balaban J connectivity index is 1.79. The number of hydrazine groups is 1. The van der Waals surface area contributed by atoms with Gasteiger partial charge in [-0.2, -0.15) is 0 Å². The van der Waals surface area contributed by atoms with E-state index < -0.39 is 5.91 Å². The van der Waals surface area contributed by atoms with Gasteiger partial charge < -0.3 is 9.47 Å². The summed E-state index contributed by atoms with van der Waals surface area (Å²) in [5.41, 5.74) is 5.90. The van der Waals surface area contributed by atoms with Crippen molar-refractivity contribution in [2.45, 2.75) is 32.1 Å². The molecule has 0 radical (unpaired) electrons. The molecule has 1 aromatic rings. The molecule has 1 aliphatic rings. The van der Waals surface area contributed by atoms with Crippen molar-refractivity contribution in [3.63, 3.8) is 0 Å². The topological polar surface area (TPSA) is 88.7 Å². The lowest BCUT2D eigenvalue weighted by molar-refractivity contribution is -0.126. The van der Waals surface area contributed by atoms with Crippen LogP contribution in [0.25, 0.3) is 6.08 Å². The minimum Gasteiger partial charge on any atom is -0.493 e. The van der Waals surface area contributed by atoms with Crippen LogP contribution < -0.4 is 25.6 Å². The summed E-state index contributed by atoms with van der Waals surface area (Å²) < 4.78 is 10.4. The average molecular weight is 391 g/mol. The Hall–Kier alpha value is -2.61. The Labute approximate surface area is 164 Å². The number of rotatable bonds is 5. The van der Waals surface area contributed by atoms with Gasteiger partial charge in [-0.1, -0.05) is 25.3 Å². The molecule has 0 atom stereocenters. The lowest BCUT2D eigenvalue weighted by Gasteiger charge is -2.21. The van der Waals surface area contributed by atoms with Crippen molar-refractivity contribution in [2.75, 3.05) is 14.2 Å². The fourth-order valence-electron chi connectivity index (χ4n) is 2.90. The smallest absolute Gasteiger partial charge is 0.250 e. The summed E-state index contributed by atoms with van der Waals surface area (Å²) >= 11 is 5.03. The van der Waals surface area contributed by atoms with Gasteiger partial charge in [-0.05, 0) is 48.8 Å². The summed E-state index contributed by atoms with van der Waals surface area (Å²) in [6.07, 6.45) is 8.07.